The lowest BCUT2D eigenvalue weighted by Gasteiger charge is -2.25. The summed E-state index contributed by atoms with van der Waals surface area (Å²) in [5.41, 5.74) is 5.31. The summed E-state index contributed by atoms with van der Waals surface area (Å²) in [7, 11) is -9.66. The normalized spacial score (nSPS) is 14.2. The molecule has 0 aliphatic carbocycles. The third-order valence-electron chi connectivity index (χ3n) is 16.4. The monoisotopic (exact) mass is 1860 g/mol. The zero-order valence-electron chi connectivity index (χ0n) is 75.4. The van der Waals surface area contributed by atoms with Gasteiger partial charge in [-0.25, -0.2) is 22.0 Å². The molecule has 0 aliphatic heterocycles. The average molecular weight is 1860 g/mol. The number of hydrogen-bond donors (Lipinski definition) is 0. The summed E-state index contributed by atoms with van der Waals surface area (Å²) in [5.74, 6) is -10.5. The second kappa shape index (κ2) is 45.1. The fourth-order valence-corrected chi connectivity index (χ4v) is 19.4. The van der Waals surface area contributed by atoms with Crippen molar-refractivity contribution in [1.82, 2.24) is 0 Å². The number of fused-ring (bicyclic) bond motifs is 1. The number of nitro groups is 1. The molecule has 0 saturated carbocycles. The molecule has 0 aliphatic rings. The van der Waals surface area contributed by atoms with Crippen LogP contribution in [-0.2, 0) is 98.0 Å². The number of hydrogen-bond acceptors (Lipinski definition) is 10. The van der Waals surface area contributed by atoms with Crippen LogP contribution in [0.5, 0.6) is 0 Å². The zero-order valence-corrected chi connectivity index (χ0v) is 82.7. The summed E-state index contributed by atoms with van der Waals surface area (Å²) >= 11 is 5.73. The largest absolute Gasteiger partial charge is 0.416 e. The first kappa shape index (κ1) is 111. The van der Waals surface area contributed by atoms with Crippen molar-refractivity contribution >= 4 is 114 Å². The molecule has 9 aromatic rings. The van der Waals surface area contributed by atoms with Crippen molar-refractivity contribution in [1.29, 1.82) is 0 Å². The number of rotatable bonds is 9. The van der Waals surface area contributed by atoms with Crippen LogP contribution < -0.4 is 0 Å². The molecule has 0 saturated heterocycles. The topological polar surface area (TPSA) is 180 Å². The molecule has 670 valence electrons. The van der Waals surface area contributed by atoms with Crippen molar-refractivity contribution in [2.45, 2.75) is 303 Å². The van der Waals surface area contributed by atoms with Gasteiger partial charge in [0, 0.05) is 84.5 Å². The van der Waals surface area contributed by atoms with Crippen LogP contribution in [0.25, 0.3) is 10.8 Å². The first-order valence-corrected chi connectivity index (χ1v) is 48.1. The van der Waals surface area contributed by atoms with E-state index in [0.717, 1.165) is 64.1 Å². The molecule has 9 aromatic carbocycles. The predicted molar refractivity (Wildman–Crippen MR) is 492 cm³/mol. The summed E-state index contributed by atoms with van der Waals surface area (Å²) in [5, 5.41) is 13.4. The zero-order chi connectivity index (χ0) is 94.0. The third kappa shape index (κ3) is 34.8. The number of aryl methyl sites for hydroxylation is 4. The molecule has 0 amide bonds. The summed E-state index contributed by atoms with van der Waals surface area (Å²) in [4.78, 5) is 14.1. The average Bonchev–Trinajstić information content (AvgIpc) is 0.778. The highest BCUT2D eigenvalue weighted by atomic mass is 35.5. The summed E-state index contributed by atoms with van der Waals surface area (Å²) in [6, 6.07) is 51.8. The number of non-ortho nitro benzene ring substituents is 1. The SMILES string of the molecule is CC(C)(C)S(=O)c1c(F)c(F)c(F)c(F)c1F.CC(C)(C)S(=O)c1ccc(Cl)cc1.CC(C)(C)S(=O)c1ccc([N+](=O)[O-])cc1.CC(C)(C)S(=O)c1cccc(C(F)(F)F)c1.CC(C)(C)S(=O)c1ccccc1.Cc1cc(C(C)(C)C)cc(C)c1S(=O)C(C)(C)C.Cc1ccc(S(=O)C(C)(C)C)cc1.Cc1ccc2ccccc2c1S(=O)C(C)(C)C. The third-order valence-corrected chi connectivity index (χ3v) is 31.7. The second-order valence-electron chi connectivity index (χ2n) is 36.9. The number of benzene rings is 9. The van der Waals surface area contributed by atoms with Crippen LogP contribution in [0.1, 0.15) is 220 Å². The van der Waals surface area contributed by atoms with Crippen molar-refractivity contribution in [2.75, 3.05) is 0 Å². The second-order valence-corrected chi connectivity index (χ2v) is 55.0. The van der Waals surface area contributed by atoms with Gasteiger partial charge in [0.15, 0.2) is 23.3 Å². The van der Waals surface area contributed by atoms with Crippen LogP contribution >= 0.6 is 11.6 Å². The number of nitrogens with zero attached hydrogens (tertiary/aromatic N) is 1. The van der Waals surface area contributed by atoms with Gasteiger partial charge in [0.1, 0.15) is 4.90 Å². The number of halogens is 9. The predicted octanol–water partition coefficient (Wildman–Crippen LogP) is 26.7. The molecule has 0 aromatic heterocycles. The Balaban J connectivity index is 0.000000470. The minimum atomic E-state index is -4.39. The molecule has 0 spiro atoms. The van der Waals surface area contributed by atoms with Crippen molar-refractivity contribution in [3.8, 4) is 0 Å². The van der Waals surface area contributed by atoms with Crippen LogP contribution in [0.2, 0.25) is 5.02 Å². The van der Waals surface area contributed by atoms with Gasteiger partial charge in [0.2, 0.25) is 5.82 Å². The molecular formula is C93H122ClF8NO10S8. The number of nitro benzene ring substituents is 1. The lowest BCUT2D eigenvalue weighted by Crippen LogP contribution is -2.24. The molecule has 11 nitrogen and oxygen atoms in total. The van der Waals surface area contributed by atoms with Crippen LogP contribution in [0.15, 0.2) is 215 Å². The van der Waals surface area contributed by atoms with E-state index in [1.165, 1.54) is 56.2 Å². The van der Waals surface area contributed by atoms with Gasteiger partial charge in [-0.15, -0.1) is 0 Å². The van der Waals surface area contributed by atoms with E-state index in [1.807, 2.05) is 217 Å². The summed E-state index contributed by atoms with van der Waals surface area (Å²) in [6.45, 7) is 59.6. The van der Waals surface area contributed by atoms with Gasteiger partial charge in [-0.2, -0.15) is 13.2 Å². The molecule has 0 N–H and O–H groups in total. The van der Waals surface area contributed by atoms with Crippen molar-refractivity contribution in [3.63, 3.8) is 0 Å². The van der Waals surface area contributed by atoms with E-state index in [4.69, 9.17) is 11.6 Å². The quantitative estimate of drug-likeness (QED) is 0.0444. The lowest BCUT2D eigenvalue weighted by molar-refractivity contribution is -0.384. The van der Waals surface area contributed by atoms with Gasteiger partial charge in [0.05, 0.1) is 102 Å². The van der Waals surface area contributed by atoms with Gasteiger partial charge < -0.3 is 0 Å². The Morgan fingerprint density at radius 2 is 0.603 bits per heavy atom. The van der Waals surface area contributed by atoms with E-state index >= 15 is 0 Å². The van der Waals surface area contributed by atoms with Crippen LogP contribution in [0.4, 0.5) is 40.8 Å². The molecule has 0 fully saturated rings. The highest BCUT2D eigenvalue weighted by Gasteiger charge is 2.36. The molecular weight excluding hydrogens is 1730 g/mol. The van der Waals surface area contributed by atoms with Gasteiger partial charge in [0.25, 0.3) is 5.69 Å². The van der Waals surface area contributed by atoms with Gasteiger partial charge in [-0.1, -0.05) is 123 Å². The highest BCUT2D eigenvalue weighted by Crippen LogP contribution is 2.37. The van der Waals surface area contributed by atoms with Gasteiger partial charge in [-0.3, -0.25) is 43.8 Å². The Morgan fingerprint density at radius 1 is 0.298 bits per heavy atom. The Bertz CT molecular complexity index is 5060. The molecule has 0 radical (unpaired) electrons. The smallest absolute Gasteiger partial charge is 0.258 e. The Morgan fingerprint density at radius 3 is 0.959 bits per heavy atom. The maximum Gasteiger partial charge on any atom is 0.416 e. The van der Waals surface area contributed by atoms with E-state index in [0.29, 0.717) is 9.92 Å². The highest BCUT2D eigenvalue weighted by molar-refractivity contribution is 7.88. The fourth-order valence-electron chi connectivity index (χ4n) is 9.95. The van der Waals surface area contributed by atoms with Crippen LogP contribution in [0, 0.1) is 66.9 Å². The van der Waals surface area contributed by atoms with Crippen LogP contribution in [0.3, 0.4) is 0 Å². The molecule has 8 atom stereocenters. The van der Waals surface area contributed by atoms with E-state index in [9.17, 15) is 78.9 Å². The van der Waals surface area contributed by atoms with E-state index < -0.39 is 147 Å². The minimum absolute atomic E-state index is 0.0182. The first-order chi connectivity index (χ1) is 54.7. The van der Waals surface area contributed by atoms with Crippen LogP contribution in [-0.4, -0.2) is 76.6 Å². The first-order valence-electron chi connectivity index (χ1n) is 38.5. The molecule has 0 heterocycles. The van der Waals surface area contributed by atoms with Crippen molar-refractivity contribution in [3.05, 3.63) is 254 Å². The summed E-state index contributed by atoms with van der Waals surface area (Å²) < 4.78 is 195. The Labute approximate surface area is 739 Å². The maximum atomic E-state index is 13.3. The van der Waals surface area contributed by atoms with E-state index in [1.54, 1.807) is 45.0 Å². The van der Waals surface area contributed by atoms with Gasteiger partial charge >= 0.3 is 6.18 Å². The van der Waals surface area contributed by atoms with Gasteiger partial charge in [-0.05, 0) is 311 Å². The number of alkyl halides is 3. The fraction of sp³-hybridized carbons (Fsp3) is 0.441. The molecule has 0 bridgehead atoms. The lowest BCUT2D eigenvalue weighted by atomic mass is 9.85. The molecule has 9 rings (SSSR count). The van der Waals surface area contributed by atoms with E-state index in [-0.39, 0.29) is 44.5 Å². The molecule has 8 unspecified atom stereocenters. The Hall–Kier alpha value is -6.43. The van der Waals surface area contributed by atoms with E-state index in [2.05, 4.69) is 71.0 Å². The molecule has 121 heavy (non-hydrogen) atoms. The Kier molecular flexibility index (Phi) is 41.3. The molecule has 28 heteroatoms. The standard InChI is InChI=1S/C16H26OS.C15H18OS.C11H13F3OS.C11H16OS.C10H13ClOS.C10H9F5OS.C10H13NO3S.C10H14OS/c1-11-9-13(15(3,4)5)10-12(2)14(11)18(17)16(6,7)8;1-11-9-10-12-7-5-6-8-13(12)14(11)17(16)15(2,3)4;1-10(2,3)16(15)9-6-4-5-8(7-9)11(12,13)14;1-9-5-7-10(8-6-9)13(12)11(2,3)4;1-10(2,3)13(12)9-6-4-8(11)5-7-9;1-10(2,3)17(16)9-7(14)5(12)4(11)6(13)8(9)15;1-10(2,3)15(14)9-6-4-8(5-7-9)11(12)13;1-10(2,3)12(11)9-7-5-4-6-8-9/h9-10H,1-8H3;5-10H,1-4H3;4-7H,1-3H3;5-8H,1-4H3;4-7H,1-3H3;1-3H3;4-7H,1-3H3;4-8H,1-3H3. The maximum absolute atomic E-state index is 13.3. The summed E-state index contributed by atoms with van der Waals surface area (Å²) in [6.07, 6.45) is -4.39. The minimum Gasteiger partial charge on any atom is -0.258 e. The van der Waals surface area contributed by atoms with Crippen molar-refractivity contribution in [2.24, 2.45) is 0 Å². The van der Waals surface area contributed by atoms with Crippen molar-refractivity contribution < 1.29 is 73.7 Å².